The molecule has 0 aromatic heterocycles. The topological polar surface area (TPSA) is 70.0 Å². The monoisotopic (exact) mass is 255 g/mol. The zero-order valence-corrected chi connectivity index (χ0v) is 9.78. The average Bonchev–Trinajstić information content (AvgIpc) is 2.62. The van der Waals surface area contributed by atoms with Crippen molar-refractivity contribution in [2.75, 3.05) is 6.67 Å². The standard InChI is InChI=1S/C12H14FNO4/c1-7(18-10(15)6-13)14-11(16)8-4-2-3-5-9(8)12(14)17/h2-5,7,11-12,16-17H,6H2,1H3. The molecule has 0 aliphatic carbocycles. The quantitative estimate of drug-likeness (QED) is 0.783. The normalized spacial score (nSPS) is 24.7. The average molecular weight is 255 g/mol. The number of carbonyl (C=O) groups is 1. The van der Waals surface area contributed by atoms with E-state index in [1.54, 1.807) is 24.3 Å². The van der Waals surface area contributed by atoms with Crippen LogP contribution >= 0.6 is 0 Å². The van der Waals surface area contributed by atoms with Crippen molar-refractivity contribution in [2.24, 2.45) is 0 Å². The second-order valence-electron chi connectivity index (χ2n) is 4.05. The first kappa shape index (κ1) is 12.9. The van der Waals surface area contributed by atoms with Gasteiger partial charge in [0.1, 0.15) is 12.5 Å². The Morgan fingerprint density at radius 3 is 2.33 bits per heavy atom. The summed E-state index contributed by atoms with van der Waals surface area (Å²) in [5.74, 6) is -1.03. The summed E-state index contributed by atoms with van der Waals surface area (Å²) in [6, 6.07) is 6.81. The van der Waals surface area contributed by atoms with Gasteiger partial charge in [0.2, 0.25) is 0 Å². The SMILES string of the molecule is CC(OC(=O)CF)N1C(O)c2ccccc2C1O. The van der Waals surface area contributed by atoms with Crippen molar-refractivity contribution >= 4 is 5.97 Å². The van der Waals surface area contributed by atoms with Gasteiger partial charge in [-0.2, -0.15) is 0 Å². The Bertz CT molecular complexity index is 424. The maximum atomic E-state index is 12.1. The van der Waals surface area contributed by atoms with E-state index in [9.17, 15) is 19.4 Å². The molecule has 1 aromatic carbocycles. The van der Waals surface area contributed by atoms with E-state index in [1.165, 1.54) is 11.8 Å². The van der Waals surface area contributed by atoms with Crippen molar-refractivity contribution in [1.82, 2.24) is 4.90 Å². The summed E-state index contributed by atoms with van der Waals surface area (Å²) in [7, 11) is 0. The Hall–Kier alpha value is -1.50. The van der Waals surface area contributed by atoms with Gasteiger partial charge in [0.05, 0.1) is 0 Å². The van der Waals surface area contributed by atoms with Crippen LogP contribution in [0.5, 0.6) is 0 Å². The molecule has 3 atom stereocenters. The van der Waals surface area contributed by atoms with E-state index in [1.807, 2.05) is 0 Å². The van der Waals surface area contributed by atoms with Crippen LogP contribution in [0.25, 0.3) is 0 Å². The van der Waals surface area contributed by atoms with Gasteiger partial charge < -0.3 is 14.9 Å². The highest BCUT2D eigenvalue weighted by atomic mass is 19.1. The number of hydrogen-bond donors (Lipinski definition) is 2. The van der Waals surface area contributed by atoms with Crippen molar-refractivity contribution in [3.05, 3.63) is 35.4 Å². The molecule has 98 valence electrons. The van der Waals surface area contributed by atoms with Gasteiger partial charge in [0.15, 0.2) is 12.9 Å². The van der Waals surface area contributed by atoms with Crippen LogP contribution < -0.4 is 0 Å². The molecule has 0 saturated heterocycles. The van der Waals surface area contributed by atoms with E-state index in [-0.39, 0.29) is 0 Å². The van der Waals surface area contributed by atoms with E-state index in [0.29, 0.717) is 11.1 Å². The van der Waals surface area contributed by atoms with Crippen LogP contribution in [-0.2, 0) is 9.53 Å². The third kappa shape index (κ3) is 2.10. The molecule has 0 radical (unpaired) electrons. The highest BCUT2D eigenvalue weighted by Gasteiger charge is 2.40. The number of benzene rings is 1. The molecule has 0 amide bonds. The molecule has 1 heterocycles. The predicted octanol–water partition coefficient (Wildman–Crippen LogP) is 0.843. The molecule has 0 fully saturated rings. The molecular weight excluding hydrogens is 241 g/mol. The van der Waals surface area contributed by atoms with E-state index in [0.717, 1.165) is 0 Å². The highest BCUT2D eigenvalue weighted by Crippen LogP contribution is 2.40. The maximum Gasteiger partial charge on any atom is 0.339 e. The third-order valence-corrected chi connectivity index (χ3v) is 2.95. The Morgan fingerprint density at radius 2 is 1.89 bits per heavy atom. The Morgan fingerprint density at radius 1 is 1.39 bits per heavy atom. The minimum Gasteiger partial charge on any atom is -0.445 e. The Labute approximate surface area is 103 Å². The molecule has 2 N–H and O–H groups in total. The lowest BCUT2D eigenvalue weighted by Gasteiger charge is -2.29. The zero-order valence-electron chi connectivity index (χ0n) is 9.78. The van der Waals surface area contributed by atoms with Gasteiger partial charge in [-0.05, 0) is 6.92 Å². The Kier molecular flexibility index (Phi) is 3.60. The van der Waals surface area contributed by atoms with Crippen molar-refractivity contribution in [2.45, 2.75) is 25.6 Å². The highest BCUT2D eigenvalue weighted by molar-refractivity contribution is 5.70. The number of rotatable bonds is 3. The van der Waals surface area contributed by atoms with Gasteiger partial charge in [-0.25, -0.2) is 14.1 Å². The first-order valence-electron chi connectivity index (χ1n) is 5.54. The molecule has 1 aliphatic heterocycles. The van der Waals surface area contributed by atoms with Crippen LogP contribution in [0.15, 0.2) is 24.3 Å². The molecule has 5 nitrogen and oxygen atoms in total. The fraction of sp³-hybridized carbons (Fsp3) is 0.417. The van der Waals surface area contributed by atoms with Crippen molar-refractivity contribution in [3.8, 4) is 0 Å². The lowest BCUT2D eigenvalue weighted by Crippen LogP contribution is -2.38. The van der Waals surface area contributed by atoms with E-state index in [2.05, 4.69) is 0 Å². The van der Waals surface area contributed by atoms with Crippen LogP contribution in [0.4, 0.5) is 4.39 Å². The van der Waals surface area contributed by atoms with Gasteiger partial charge in [0, 0.05) is 11.1 Å². The summed E-state index contributed by atoms with van der Waals surface area (Å²) in [6.07, 6.45) is -3.09. The molecule has 3 unspecified atom stereocenters. The van der Waals surface area contributed by atoms with E-state index >= 15 is 0 Å². The lowest BCUT2D eigenvalue weighted by atomic mass is 10.1. The molecule has 1 aromatic rings. The largest absolute Gasteiger partial charge is 0.445 e. The minimum absolute atomic E-state index is 0.549. The van der Waals surface area contributed by atoms with E-state index in [4.69, 9.17) is 4.74 Å². The summed E-state index contributed by atoms with van der Waals surface area (Å²) < 4.78 is 16.8. The molecule has 0 saturated carbocycles. The number of esters is 1. The lowest BCUT2D eigenvalue weighted by molar-refractivity contribution is -0.192. The maximum absolute atomic E-state index is 12.1. The summed E-state index contributed by atoms with van der Waals surface area (Å²) in [6.45, 7) is 0.225. The number of nitrogens with zero attached hydrogens (tertiary/aromatic N) is 1. The molecule has 18 heavy (non-hydrogen) atoms. The number of alkyl halides is 1. The second-order valence-corrected chi connectivity index (χ2v) is 4.05. The predicted molar refractivity (Wildman–Crippen MR) is 59.7 cm³/mol. The van der Waals surface area contributed by atoms with Crippen molar-refractivity contribution in [3.63, 3.8) is 0 Å². The summed E-state index contributed by atoms with van der Waals surface area (Å²) in [5.41, 5.74) is 1.10. The van der Waals surface area contributed by atoms with E-state index < -0.39 is 31.3 Å². The molecule has 0 spiro atoms. The van der Waals surface area contributed by atoms with Gasteiger partial charge >= 0.3 is 5.97 Å². The number of aliphatic hydroxyl groups is 2. The summed E-state index contributed by atoms with van der Waals surface area (Å²) >= 11 is 0. The minimum atomic E-state index is -1.24. The van der Waals surface area contributed by atoms with Gasteiger partial charge in [-0.3, -0.25) is 0 Å². The fourth-order valence-electron chi connectivity index (χ4n) is 2.12. The second kappa shape index (κ2) is 5.01. The zero-order chi connectivity index (χ0) is 13.3. The fourth-order valence-corrected chi connectivity index (χ4v) is 2.12. The molecular formula is C12H14FNO4. The van der Waals surface area contributed by atoms with Crippen LogP contribution in [-0.4, -0.2) is 34.0 Å². The molecule has 6 heteroatoms. The number of aliphatic hydroxyl groups excluding tert-OH is 2. The molecule has 0 bridgehead atoms. The number of fused-ring (bicyclic) bond motifs is 1. The van der Waals surface area contributed by atoms with Crippen LogP contribution in [0.2, 0.25) is 0 Å². The van der Waals surface area contributed by atoms with Crippen LogP contribution in [0.3, 0.4) is 0 Å². The summed E-state index contributed by atoms with van der Waals surface area (Å²) in [4.78, 5) is 12.1. The van der Waals surface area contributed by atoms with Gasteiger partial charge in [-0.15, -0.1) is 0 Å². The first-order valence-corrected chi connectivity index (χ1v) is 5.54. The first-order chi connectivity index (χ1) is 8.56. The van der Waals surface area contributed by atoms with Gasteiger partial charge in [0.25, 0.3) is 0 Å². The van der Waals surface area contributed by atoms with Crippen LogP contribution in [0, 0.1) is 0 Å². The van der Waals surface area contributed by atoms with Gasteiger partial charge in [-0.1, -0.05) is 24.3 Å². The smallest absolute Gasteiger partial charge is 0.339 e. The number of hydrogen-bond acceptors (Lipinski definition) is 5. The number of carbonyl (C=O) groups excluding carboxylic acids is 1. The summed E-state index contributed by atoms with van der Waals surface area (Å²) in [5, 5.41) is 20.1. The molecule has 2 rings (SSSR count). The number of ether oxygens (including phenoxy) is 1. The Balaban J connectivity index is 2.20. The van der Waals surface area contributed by atoms with Crippen LogP contribution in [0.1, 0.15) is 30.5 Å². The van der Waals surface area contributed by atoms with Crippen molar-refractivity contribution in [1.29, 1.82) is 0 Å². The number of halogens is 1. The molecule has 1 aliphatic rings. The third-order valence-electron chi connectivity index (χ3n) is 2.95. The van der Waals surface area contributed by atoms with Crippen molar-refractivity contribution < 1.29 is 24.1 Å².